The maximum absolute atomic E-state index is 12.9. The van der Waals surface area contributed by atoms with Crippen LogP contribution >= 0.6 is 0 Å². The zero-order chi connectivity index (χ0) is 15.2. The lowest BCUT2D eigenvalue weighted by Gasteiger charge is -2.37. The maximum atomic E-state index is 12.9. The molecule has 1 aromatic carbocycles. The summed E-state index contributed by atoms with van der Waals surface area (Å²) < 4.78 is 0. The molecule has 1 aliphatic heterocycles. The largest absolute Gasteiger partial charge is 0.481 e. The van der Waals surface area contributed by atoms with E-state index >= 15 is 0 Å². The number of benzene rings is 1. The predicted molar refractivity (Wildman–Crippen MR) is 75.9 cm³/mol. The summed E-state index contributed by atoms with van der Waals surface area (Å²) in [6.45, 7) is 1.34. The molecule has 1 fully saturated rings. The number of hydrogen-bond donors (Lipinski definition) is 1. The Bertz CT molecular complexity index is 639. The first-order valence-electron chi connectivity index (χ1n) is 7.17. The van der Waals surface area contributed by atoms with Gasteiger partial charge in [0.2, 0.25) is 11.8 Å². The van der Waals surface area contributed by atoms with Crippen LogP contribution in [-0.4, -0.2) is 22.9 Å². The number of rotatable bonds is 1. The zero-order valence-corrected chi connectivity index (χ0v) is 11.8. The molecule has 5 nitrogen and oxygen atoms in total. The number of imide groups is 1. The van der Waals surface area contributed by atoms with Gasteiger partial charge in [-0.15, -0.1) is 0 Å². The Morgan fingerprint density at radius 2 is 2.00 bits per heavy atom. The Balaban J connectivity index is 2.24. The first-order valence-corrected chi connectivity index (χ1v) is 7.17. The maximum Gasteiger partial charge on any atom is 0.307 e. The number of carbonyl (C=O) groups is 3. The highest BCUT2D eigenvalue weighted by Crippen LogP contribution is 2.52. The third-order valence-electron chi connectivity index (χ3n) is 4.73. The van der Waals surface area contributed by atoms with Crippen LogP contribution in [0, 0.1) is 5.92 Å². The number of nitrogens with zero attached hydrogens (tertiary/aromatic N) is 1. The lowest BCUT2D eigenvalue weighted by Crippen LogP contribution is -2.51. The van der Waals surface area contributed by atoms with E-state index in [1.54, 1.807) is 24.3 Å². The summed E-state index contributed by atoms with van der Waals surface area (Å²) in [7, 11) is 0. The molecule has 2 aliphatic rings. The van der Waals surface area contributed by atoms with E-state index in [2.05, 4.69) is 0 Å². The smallest absolute Gasteiger partial charge is 0.307 e. The molecule has 2 atom stereocenters. The standard InChI is InChI=1S/C16H17NO4/c1-10(18)17-13-8-3-2-6-11(13)16(15(17)21)9-5-4-7-12(16)14(19)20/h2-3,6,8,12H,4-5,7,9H2,1H3,(H,19,20). The molecule has 5 heteroatoms. The lowest BCUT2D eigenvalue weighted by atomic mass is 9.63. The molecule has 2 unspecified atom stereocenters. The van der Waals surface area contributed by atoms with Crippen molar-refractivity contribution in [1.82, 2.24) is 0 Å². The SMILES string of the molecule is CC(=O)N1C(=O)C2(CCCCC2C(=O)O)c2ccccc21. The van der Waals surface area contributed by atoms with Gasteiger partial charge in [-0.3, -0.25) is 14.4 Å². The Kier molecular flexibility index (Phi) is 3.08. The molecule has 0 aromatic heterocycles. The summed E-state index contributed by atoms with van der Waals surface area (Å²) in [6.07, 6.45) is 2.56. The van der Waals surface area contributed by atoms with E-state index in [-0.39, 0.29) is 11.8 Å². The van der Waals surface area contributed by atoms with Gasteiger partial charge in [0.15, 0.2) is 0 Å². The van der Waals surface area contributed by atoms with Crippen molar-refractivity contribution in [3.8, 4) is 0 Å². The van der Waals surface area contributed by atoms with Crippen molar-refractivity contribution in [2.24, 2.45) is 5.92 Å². The molecular weight excluding hydrogens is 270 g/mol. The van der Waals surface area contributed by atoms with E-state index < -0.39 is 17.3 Å². The Morgan fingerprint density at radius 3 is 2.67 bits per heavy atom. The van der Waals surface area contributed by atoms with Crippen LogP contribution in [0.1, 0.15) is 38.2 Å². The van der Waals surface area contributed by atoms with E-state index in [1.807, 2.05) is 0 Å². The molecule has 2 amide bonds. The minimum absolute atomic E-state index is 0.362. The average Bonchev–Trinajstić information content (AvgIpc) is 2.70. The summed E-state index contributed by atoms with van der Waals surface area (Å²) in [6, 6.07) is 7.07. The molecule has 0 radical (unpaired) electrons. The second-order valence-electron chi connectivity index (χ2n) is 5.78. The third-order valence-corrected chi connectivity index (χ3v) is 4.73. The van der Waals surface area contributed by atoms with Gasteiger partial charge in [0.1, 0.15) is 0 Å². The molecule has 1 N–H and O–H groups in total. The number of para-hydroxylation sites is 1. The summed E-state index contributed by atoms with van der Waals surface area (Å²) in [5, 5.41) is 9.58. The molecule has 1 aromatic rings. The van der Waals surface area contributed by atoms with Crippen molar-refractivity contribution in [3.63, 3.8) is 0 Å². The number of aliphatic carboxylic acids is 1. The van der Waals surface area contributed by atoms with Crippen molar-refractivity contribution in [2.45, 2.75) is 38.0 Å². The van der Waals surface area contributed by atoms with Gasteiger partial charge in [-0.1, -0.05) is 31.0 Å². The Hall–Kier alpha value is -2.17. The van der Waals surface area contributed by atoms with Crippen LogP contribution in [0.2, 0.25) is 0 Å². The normalized spacial score (nSPS) is 27.8. The molecule has 1 heterocycles. The van der Waals surface area contributed by atoms with Crippen molar-refractivity contribution in [1.29, 1.82) is 0 Å². The second-order valence-corrected chi connectivity index (χ2v) is 5.78. The van der Waals surface area contributed by atoms with E-state index in [0.717, 1.165) is 17.7 Å². The Morgan fingerprint density at radius 1 is 1.29 bits per heavy atom. The van der Waals surface area contributed by atoms with Crippen molar-refractivity contribution in [3.05, 3.63) is 29.8 Å². The monoisotopic (exact) mass is 287 g/mol. The first-order chi connectivity index (χ1) is 10.00. The third kappa shape index (κ3) is 1.73. The fourth-order valence-corrected chi connectivity index (χ4v) is 3.87. The van der Waals surface area contributed by atoms with Gasteiger partial charge >= 0.3 is 5.97 Å². The summed E-state index contributed by atoms with van der Waals surface area (Å²) >= 11 is 0. The molecule has 1 saturated carbocycles. The molecule has 110 valence electrons. The number of amides is 2. The molecular formula is C16H17NO4. The van der Waals surface area contributed by atoms with Crippen LogP contribution in [0.5, 0.6) is 0 Å². The fraction of sp³-hybridized carbons (Fsp3) is 0.438. The number of carboxylic acid groups (broad SMARTS) is 1. The van der Waals surface area contributed by atoms with Gasteiger partial charge in [-0.25, -0.2) is 4.90 Å². The van der Waals surface area contributed by atoms with E-state index in [4.69, 9.17) is 0 Å². The molecule has 1 aliphatic carbocycles. The molecule has 1 spiro atoms. The van der Waals surface area contributed by atoms with Crippen LogP contribution in [0.4, 0.5) is 5.69 Å². The highest BCUT2D eigenvalue weighted by atomic mass is 16.4. The van der Waals surface area contributed by atoms with Gasteiger partial charge in [0.25, 0.3) is 0 Å². The number of anilines is 1. The lowest BCUT2D eigenvalue weighted by molar-refractivity contribution is -0.150. The van der Waals surface area contributed by atoms with Crippen molar-refractivity contribution >= 4 is 23.5 Å². The number of carbonyl (C=O) groups excluding carboxylic acids is 2. The van der Waals surface area contributed by atoms with Crippen molar-refractivity contribution in [2.75, 3.05) is 4.90 Å². The van der Waals surface area contributed by atoms with E-state index in [9.17, 15) is 19.5 Å². The van der Waals surface area contributed by atoms with Gasteiger partial charge in [-0.2, -0.15) is 0 Å². The van der Waals surface area contributed by atoms with E-state index in [0.29, 0.717) is 24.1 Å². The summed E-state index contributed by atoms with van der Waals surface area (Å²) in [5.74, 6) is -2.45. The highest BCUT2D eigenvalue weighted by molar-refractivity contribution is 6.23. The van der Waals surface area contributed by atoms with Crippen molar-refractivity contribution < 1.29 is 19.5 Å². The van der Waals surface area contributed by atoms with Crippen LogP contribution < -0.4 is 4.90 Å². The zero-order valence-electron chi connectivity index (χ0n) is 11.8. The van der Waals surface area contributed by atoms with E-state index in [1.165, 1.54) is 6.92 Å². The van der Waals surface area contributed by atoms with Crippen LogP contribution in [0.15, 0.2) is 24.3 Å². The quantitative estimate of drug-likeness (QED) is 0.858. The second kappa shape index (κ2) is 4.69. The van der Waals surface area contributed by atoms with Crippen LogP contribution in [0.25, 0.3) is 0 Å². The average molecular weight is 287 g/mol. The molecule has 21 heavy (non-hydrogen) atoms. The first kappa shape index (κ1) is 13.8. The summed E-state index contributed by atoms with van der Waals surface area (Å²) in [5.41, 5.74) is 0.159. The molecule has 3 rings (SSSR count). The summed E-state index contributed by atoms with van der Waals surface area (Å²) in [4.78, 5) is 37.7. The fourth-order valence-electron chi connectivity index (χ4n) is 3.87. The minimum Gasteiger partial charge on any atom is -0.481 e. The number of hydrogen-bond acceptors (Lipinski definition) is 3. The molecule has 0 saturated heterocycles. The van der Waals surface area contributed by atoms with Gasteiger partial charge < -0.3 is 5.11 Å². The van der Waals surface area contributed by atoms with Crippen LogP contribution in [-0.2, 0) is 19.8 Å². The highest BCUT2D eigenvalue weighted by Gasteiger charge is 2.59. The minimum atomic E-state index is -1.08. The van der Waals surface area contributed by atoms with Crippen LogP contribution in [0.3, 0.4) is 0 Å². The van der Waals surface area contributed by atoms with Gasteiger partial charge in [-0.05, 0) is 24.5 Å². The predicted octanol–water partition coefficient (Wildman–Crippen LogP) is 2.09. The molecule has 0 bridgehead atoms. The topological polar surface area (TPSA) is 74.7 Å². The van der Waals surface area contributed by atoms with Gasteiger partial charge in [0.05, 0.1) is 17.0 Å². The number of fused-ring (bicyclic) bond motifs is 2. The number of carboxylic acids is 1. The Labute approximate surface area is 122 Å². The van der Waals surface area contributed by atoms with Gasteiger partial charge in [0, 0.05) is 6.92 Å².